The Kier molecular flexibility index (Phi) is 4.24. The maximum absolute atomic E-state index is 12.1. The van der Waals surface area contributed by atoms with Crippen LogP contribution in [0, 0.1) is 17.8 Å². The van der Waals surface area contributed by atoms with Crippen molar-refractivity contribution >= 4 is 11.9 Å². The predicted octanol–water partition coefficient (Wildman–Crippen LogP) is 2.03. The molecule has 19 heavy (non-hydrogen) atoms. The molecule has 1 aliphatic carbocycles. The van der Waals surface area contributed by atoms with E-state index in [1.165, 1.54) is 0 Å². The van der Waals surface area contributed by atoms with Gasteiger partial charge in [-0.1, -0.05) is 13.3 Å². The molecule has 1 unspecified atom stereocenters. The number of carboxylic acids is 1. The zero-order valence-corrected chi connectivity index (χ0v) is 11.0. The van der Waals surface area contributed by atoms with Gasteiger partial charge in [-0.15, -0.1) is 0 Å². The van der Waals surface area contributed by atoms with Gasteiger partial charge in [0.25, 0.3) is 0 Å². The minimum Gasteiger partial charge on any atom is -0.481 e. The fourth-order valence-corrected chi connectivity index (χ4v) is 2.75. The minimum atomic E-state index is -0.862. The Labute approximate surface area is 112 Å². The first-order valence-electron chi connectivity index (χ1n) is 6.63. The van der Waals surface area contributed by atoms with Gasteiger partial charge in [0.15, 0.2) is 0 Å². The van der Waals surface area contributed by atoms with Gasteiger partial charge in [-0.05, 0) is 24.8 Å². The first-order valence-corrected chi connectivity index (χ1v) is 6.63. The summed E-state index contributed by atoms with van der Waals surface area (Å²) < 4.78 is 4.92. The molecule has 2 N–H and O–H groups in total. The van der Waals surface area contributed by atoms with Crippen molar-refractivity contribution < 1.29 is 19.1 Å². The van der Waals surface area contributed by atoms with Crippen molar-refractivity contribution in [2.45, 2.75) is 32.7 Å². The molecule has 1 aromatic rings. The van der Waals surface area contributed by atoms with Crippen molar-refractivity contribution in [1.82, 2.24) is 5.32 Å². The van der Waals surface area contributed by atoms with Crippen LogP contribution in [0.1, 0.15) is 31.7 Å². The molecule has 5 heteroatoms. The molecule has 1 fully saturated rings. The summed E-state index contributed by atoms with van der Waals surface area (Å²) in [6, 6.07) is 1.78. The van der Waals surface area contributed by atoms with Gasteiger partial charge in [-0.2, -0.15) is 0 Å². The molecule has 0 aromatic carbocycles. The van der Waals surface area contributed by atoms with Crippen LogP contribution in [0.5, 0.6) is 0 Å². The fourth-order valence-electron chi connectivity index (χ4n) is 2.75. The highest BCUT2D eigenvalue weighted by molar-refractivity contribution is 5.85. The number of rotatable bonds is 5. The van der Waals surface area contributed by atoms with Gasteiger partial charge in [-0.25, -0.2) is 0 Å². The van der Waals surface area contributed by atoms with E-state index in [1.807, 2.05) is 6.92 Å². The Balaban J connectivity index is 1.94. The molecule has 3 atom stereocenters. The summed E-state index contributed by atoms with van der Waals surface area (Å²) in [5.74, 6) is -1.64. The summed E-state index contributed by atoms with van der Waals surface area (Å²) in [4.78, 5) is 23.3. The summed E-state index contributed by atoms with van der Waals surface area (Å²) in [5.41, 5.74) is 0.880. The molecule has 0 aliphatic heterocycles. The van der Waals surface area contributed by atoms with E-state index in [-0.39, 0.29) is 5.91 Å². The molecular formula is C14H19NO4. The molecule has 1 aromatic heterocycles. The standard InChI is InChI=1S/C14H19NO4/c1-2-9-5-11(12(6-9)14(17)18)13(16)15-7-10-3-4-19-8-10/h3-4,8-9,11-12H,2,5-7H2,1H3,(H,15,16)(H,17,18)/t9?,11-,12+/m0/s1. The van der Waals surface area contributed by atoms with E-state index < -0.39 is 17.8 Å². The number of carbonyl (C=O) groups excluding carboxylic acids is 1. The lowest BCUT2D eigenvalue weighted by molar-refractivity contribution is -0.146. The van der Waals surface area contributed by atoms with Crippen LogP contribution in [-0.2, 0) is 16.1 Å². The molecule has 0 bridgehead atoms. The van der Waals surface area contributed by atoms with Gasteiger partial charge in [0.2, 0.25) is 5.91 Å². The highest BCUT2D eigenvalue weighted by Gasteiger charge is 2.41. The second-order valence-electron chi connectivity index (χ2n) is 5.15. The Bertz CT molecular complexity index is 440. The molecule has 0 radical (unpaired) electrons. The van der Waals surface area contributed by atoms with E-state index in [9.17, 15) is 14.7 Å². The van der Waals surface area contributed by atoms with Gasteiger partial charge in [0.1, 0.15) is 0 Å². The molecule has 0 spiro atoms. The summed E-state index contributed by atoms with van der Waals surface area (Å²) in [6.07, 6.45) is 5.32. The van der Waals surface area contributed by atoms with Crippen LogP contribution in [0.4, 0.5) is 0 Å². The lowest BCUT2D eigenvalue weighted by Gasteiger charge is -2.15. The van der Waals surface area contributed by atoms with E-state index in [1.54, 1.807) is 18.6 Å². The first-order chi connectivity index (χ1) is 9.11. The van der Waals surface area contributed by atoms with E-state index in [0.717, 1.165) is 12.0 Å². The Hall–Kier alpha value is -1.78. The van der Waals surface area contributed by atoms with E-state index in [4.69, 9.17) is 4.42 Å². The van der Waals surface area contributed by atoms with Crippen molar-refractivity contribution in [2.24, 2.45) is 17.8 Å². The average molecular weight is 265 g/mol. The van der Waals surface area contributed by atoms with Gasteiger partial charge < -0.3 is 14.8 Å². The van der Waals surface area contributed by atoms with Crippen molar-refractivity contribution in [2.75, 3.05) is 0 Å². The Morgan fingerprint density at radius 2 is 2.16 bits per heavy atom. The van der Waals surface area contributed by atoms with Gasteiger partial charge >= 0.3 is 5.97 Å². The highest BCUT2D eigenvalue weighted by atomic mass is 16.4. The lowest BCUT2D eigenvalue weighted by atomic mass is 9.95. The normalized spacial score (nSPS) is 26.3. The molecule has 1 amide bonds. The van der Waals surface area contributed by atoms with Crippen LogP contribution in [-0.4, -0.2) is 17.0 Å². The monoisotopic (exact) mass is 265 g/mol. The second kappa shape index (κ2) is 5.91. The fraction of sp³-hybridized carbons (Fsp3) is 0.571. The minimum absolute atomic E-state index is 0.162. The molecule has 0 saturated heterocycles. The number of amides is 1. The smallest absolute Gasteiger partial charge is 0.307 e. The highest BCUT2D eigenvalue weighted by Crippen LogP contribution is 2.38. The molecule has 1 saturated carbocycles. The topological polar surface area (TPSA) is 79.5 Å². The van der Waals surface area contributed by atoms with Crippen LogP contribution >= 0.6 is 0 Å². The molecular weight excluding hydrogens is 246 g/mol. The number of furan rings is 1. The quantitative estimate of drug-likeness (QED) is 0.853. The van der Waals surface area contributed by atoms with Gasteiger partial charge in [-0.3, -0.25) is 9.59 Å². The summed E-state index contributed by atoms with van der Waals surface area (Å²) in [6.45, 7) is 2.42. The molecule has 2 rings (SSSR count). The van der Waals surface area contributed by atoms with Gasteiger partial charge in [0, 0.05) is 12.1 Å². The second-order valence-corrected chi connectivity index (χ2v) is 5.15. The maximum atomic E-state index is 12.1. The van der Waals surface area contributed by atoms with Crippen molar-refractivity contribution in [1.29, 1.82) is 0 Å². The maximum Gasteiger partial charge on any atom is 0.307 e. The van der Waals surface area contributed by atoms with Crippen molar-refractivity contribution in [3.63, 3.8) is 0 Å². The van der Waals surface area contributed by atoms with Crippen LogP contribution in [0.2, 0.25) is 0 Å². The Morgan fingerprint density at radius 1 is 1.42 bits per heavy atom. The summed E-state index contributed by atoms with van der Waals surface area (Å²) in [7, 11) is 0. The number of hydrogen-bond donors (Lipinski definition) is 2. The third kappa shape index (κ3) is 3.16. The SMILES string of the molecule is CCC1C[C@H](C(=O)NCc2ccoc2)[C@H](C(=O)O)C1. The third-order valence-corrected chi connectivity index (χ3v) is 3.94. The van der Waals surface area contributed by atoms with Crippen molar-refractivity contribution in [3.05, 3.63) is 24.2 Å². The number of carboxylic acid groups (broad SMARTS) is 1. The van der Waals surface area contributed by atoms with Crippen molar-refractivity contribution in [3.8, 4) is 0 Å². The predicted molar refractivity (Wildman–Crippen MR) is 68.2 cm³/mol. The van der Waals surface area contributed by atoms with Crippen LogP contribution in [0.25, 0.3) is 0 Å². The average Bonchev–Trinajstić information content (AvgIpc) is 3.04. The number of aliphatic carboxylic acids is 1. The first kappa shape index (κ1) is 13.6. The molecule has 104 valence electrons. The van der Waals surface area contributed by atoms with Crippen LogP contribution in [0.3, 0.4) is 0 Å². The largest absolute Gasteiger partial charge is 0.481 e. The lowest BCUT2D eigenvalue weighted by Crippen LogP contribution is -2.34. The number of hydrogen-bond acceptors (Lipinski definition) is 3. The number of carbonyl (C=O) groups is 2. The molecule has 1 aliphatic rings. The van der Waals surface area contributed by atoms with Crippen LogP contribution < -0.4 is 5.32 Å². The summed E-state index contributed by atoms with van der Waals surface area (Å²) in [5, 5.41) is 12.0. The summed E-state index contributed by atoms with van der Waals surface area (Å²) >= 11 is 0. The van der Waals surface area contributed by atoms with E-state index >= 15 is 0 Å². The third-order valence-electron chi connectivity index (χ3n) is 3.94. The van der Waals surface area contributed by atoms with Gasteiger partial charge in [0.05, 0.1) is 24.4 Å². The van der Waals surface area contributed by atoms with E-state index in [0.29, 0.717) is 25.3 Å². The number of nitrogens with one attached hydrogen (secondary N) is 1. The Morgan fingerprint density at radius 3 is 2.74 bits per heavy atom. The molecule has 1 heterocycles. The van der Waals surface area contributed by atoms with E-state index in [2.05, 4.69) is 5.32 Å². The molecule has 5 nitrogen and oxygen atoms in total. The zero-order valence-electron chi connectivity index (χ0n) is 11.0. The van der Waals surface area contributed by atoms with Crippen LogP contribution in [0.15, 0.2) is 23.0 Å². The zero-order chi connectivity index (χ0) is 13.8.